The average Bonchev–Trinajstić information content (AvgIpc) is 2.69. The molecule has 27 heavy (non-hydrogen) atoms. The van der Waals surface area contributed by atoms with E-state index < -0.39 is 5.82 Å². The van der Waals surface area contributed by atoms with Gasteiger partial charge >= 0.3 is 0 Å². The Kier molecular flexibility index (Phi) is 6.20. The summed E-state index contributed by atoms with van der Waals surface area (Å²) >= 11 is 0. The van der Waals surface area contributed by atoms with Crippen LogP contribution in [-0.2, 0) is 6.42 Å². The van der Waals surface area contributed by atoms with Crippen LogP contribution in [0.4, 0.5) is 21.8 Å². The first-order valence-electron chi connectivity index (χ1n) is 9.39. The zero-order valence-electron chi connectivity index (χ0n) is 15.8. The van der Waals surface area contributed by atoms with Gasteiger partial charge in [0.1, 0.15) is 17.7 Å². The van der Waals surface area contributed by atoms with Gasteiger partial charge in [-0.3, -0.25) is 0 Å². The molecule has 0 spiro atoms. The van der Waals surface area contributed by atoms with Crippen molar-refractivity contribution in [1.29, 1.82) is 5.26 Å². The summed E-state index contributed by atoms with van der Waals surface area (Å²) in [5, 5.41) is 15.5. The molecular weight excluding hydrogens is 343 g/mol. The molecule has 1 atom stereocenters. The first-order chi connectivity index (χ1) is 13.1. The lowest BCUT2D eigenvalue weighted by molar-refractivity contribution is 0.447. The quantitative estimate of drug-likeness (QED) is 0.814. The molecule has 7 heteroatoms. The summed E-state index contributed by atoms with van der Waals surface area (Å²) in [7, 11) is 1.99. The van der Waals surface area contributed by atoms with Crippen molar-refractivity contribution in [1.82, 2.24) is 15.3 Å². The number of anilines is 3. The number of aromatic nitrogens is 2. The fraction of sp³-hybridized carbons (Fsp3) is 0.450. The molecular formula is C20H25FN6. The maximum atomic E-state index is 13.6. The zero-order valence-corrected chi connectivity index (χ0v) is 15.8. The molecule has 2 aromatic rings. The van der Waals surface area contributed by atoms with Crippen LogP contribution in [0.5, 0.6) is 0 Å². The van der Waals surface area contributed by atoms with Crippen LogP contribution in [0.25, 0.3) is 0 Å². The Morgan fingerprint density at radius 1 is 1.33 bits per heavy atom. The van der Waals surface area contributed by atoms with Crippen molar-refractivity contribution < 1.29 is 4.39 Å². The highest BCUT2D eigenvalue weighted by Crippen LogP contribution is 2.23. The molecule has 3 rings (SSSR count). The summed E-state index contributed by atoms with van der Waals surface area (Å²) in [4.78, 5) is 11.5. The summed E-state index contributed by atoms with van der Waals surface area (Å²) in [6, 6.07) is 8.70. The number of hydrogen-bond donors (Lipinski definition) is 2. The number of benzene rings is 1. The monoisotopic (exact) mass is 368 g/mol. The molecule has 1 aliphatic rings. The van der Waals surface area contributed by atoms with Gasteiger partial charge in [-0.1, -0.05) is 13.3 Å². The third-order valence-corrected chi connectivity index (χ3v) is 4.77. The normalized spacial score (nSPS) is 16.8. The van der Waals surface area contributed by atoms with Crippen LogP contribution >= 0.6 is 0 Å². The van der Waals surface area contributed by atoms with Crippen LogP contribution in [0.15, 0.2) is 24.3 Å². The number of aryl methyl sites for hydroxylation is 1. The zero-order chi connectivity index (χ0) is 19.2. The summed E-state index contributed by atoms with van der Waals surface area (Å²) < 4.78 is 13.6. The van der Waals surface area contributed by atoms with E-state index in [0.717, 1.165) is 50.3 Å². The molecule has 1 fully saturated rings. The van der Waals surface area contributed by atoms with E-state index in [-0.39, 0.29) is 5.56 Å². The van der Waals surface area contributed by atoms with Gasteiger partial charge in [0.2, 0.25) is 5.95 Å². The fourth-order valence-electron chi connectivity index (χ4n) is 3.32. The highest BCUT2D eigenvalue weighted by Gasteiger charge is 2.20. The van der Waals surface area contributed by atoms with Crippen molar-refractivity contribution in [2.24, 2.45) is 0 Å². The number of nitriles is 1. The van der Waals surface area contributed by atoms with E-state index >= 15 is 0 Å². The fourth-order valence-corrected chi connectivity index (χ4v) is 3.32. The van der Waals surface area contributed by atoms with Crippen LogP contribution in [0, 0.1) is 17.1 Å². The molecule has 142 valence electrons. The van der Waals surface area contributed by atoms with Gasteiger partial charge in [-0.2, -0.15) is 10.2 Å². The maximum absolute atomic E-state index is 13.6. The SMILES string of the molecule is CCCc1cc(N2CCC[C@@H](NC)C2)nc(Nc2ccc(F)c(C#N)c2)n1. The smallest absolute Gasteiger partial charge is 0.229 e. The number of hydrogen-bond acceptors (Lipinski definition) is 6. The van der Waals surface area contributed by atoms with Gasteiger partial charge in [0.25, 0.3) is 0 Å². The molecule has 0 radical (unpaired) electrons. The lowest BCUT2D eigenvalue weighted by atomic mass is 10.1. The molecule has 0 saturated carbocycles. The Morgan fingerprint density at radius 2 is 2.19 bits per heavy atom. The predicted molar refractivity (Wildman–Crippen MR) is 105 cm³/mol. The molecule has 1 aromatic carbocycles. The van der Waals surface area contributed by atoms with Crippen molar-refractivity contribution >= 4 is 17.5 Å². The summed E-state index contributed by atoms with van der Waals surface area (Å²) in [5.41, 5.74) is 1.57. The molecule has 1 aliphatic heterocycles. The van der Waals surface area contributed by atoms with Gasteiger partial charge < -0.3 is 15.5 Å². The third kappa shape index (κ3) is 4.72. The van der Waals surface area contributed by atoms with E-state index in [1.165, 1.54) is 12.1 Å². The maximum Gasteiger partial charge on any atom is 0.229 e. The van der Waals surface area contributed by atoms with Gasteiger partial charge in [0.15, 0.2) is 0 Å². The predicted octanol–water partition coefficient (Wildman–Crippen LogP) is 3.37. The summed E-state index contributed by atoms with van der Waals surface area (Å²) in [6.07, 6.45) is 4.13. The highest BCUT2D eigenvalue weighted by molar-refractivity contribution is 5.58. The lowest BCUT2D eigenvalue weighted by Crippen LogP contribution is -2.44. The van der Waals surface area contributed by atoms with Crippen molar-refractivity contribution in [3.05, 3.63) is 41.3 Å². The van der Waals surface area contributed by atoms with Crippen LogP contribution in [0.1, 0.15) is 37.4 Å². The lowest BCUT2D eigenvalue weighted by Gasteiger charge is -2.33. The molecule has 0 aliphatic carbocycles. The molecule has 0 unspecified atom stereocenters. The number of nitrogens with zero attached hydrogens (tertiary/aromatic N) is 4. The van der Waals surface area contributed by atoms with Crippen LogP contribution < -0.4 is 15.5 Å². The Balaban J connectivity index is 1.88. The van der Waals surface area contributed by atoms with Crippen LogP contribution in [0.3, 0.4) is 0 Å². The van der Waals surface area contributed by atoms with E-state index in [4.69, 9.17) is 5.26 Å². The van der Waals surface area contributed by atoms with Crippen molar-refractivity contribution in [3.8, 4) is 6.07 Å². The Morgan fingerprint density at radius 3 is 2.93 bits per heavy atom. The van der Waals surface area contributed by atoms with Crippen molar-refractivity contribution in [2.45, 2.75) is 38.6 Å². The van der Waals surface area contributed by atoms with Crippen molar-refractivity contribution in [3.63, 3.8) is 0 Å². The first kappa shape index (κ1) is 19.1. The van der Waals surface area contributed by atoms with E-state index in [1.807, 2.05) is 13.1 Å². The Hall–Kier alpha value is -2.72. The van der Waals surface area contributed by atoms with E-state index in [9.17, 15) is 4.39 Å². The molecule has 1 saturated heterocycles. The van der Waals surface area contributed by atoms with Gasteiger partial charge in [0.05, 0.1) is 5.56 Å². The van der Waals surface area contributed by atoms with E-state index in [0.29, 0.717) is 17.7 Å². The van der Waals surface area contributed by atoms with Gasteiger partial charge in [0, 0.05) is 36.6 Å². The Bertz CT molecular complexity index is 832. The largest absolute Gasteiger partial charge is 0.355 e. The number of piperidine rings is 1. The molecule has 2 N–H and O–H groups in total. The summed E-state index contributed by atoms with van der Waals surface area (Å²) in [6.45, 7) is 3.99. The number of nitrogens with one attached hydrogen (secondary N) is 2. The number of likely N-dealkylation sites (N-methyl/N-ethyl adjacent to an activating group) is 1. The standard InChI is InChI=1S/C20H25FN6/c1-3-5-15-11-19(27-9-4-6-17(13-27)23-2)26-20(24-15)25-16-7-8-18(21)14(10-16)12-22/h7-8,10-11,17,23H,3-6,9,13H2,1-2H3,(H,24,25,26)/t17-/m1/s1. The van der Waals surface area contributed by atoms with E-state index in [2.05, 4.69) is 38.5 Å². The van der Waals surface area contributed by atoms with Gasteiger partial charge in [-0.25, -0.2) is 9.37 Å². The average molecular weight is 368 g/mol. The number of rotatable bonds is 6. The van der Waals surface area contributed by atoms with Crippen LogP contribution in [-0.4, -0.2) is 36.1 Å². The first-order valence-corrected chi connectivity index (χ1v) is 9.39. The number of halogens is 1. The second kappa shape index (κ2) is 8.78. The van der Waals surface area contributed by atoms with E-state index in [1.54, 1.807) is 6.07 Å². The van der Waals surface area contributed by atoms with Crippen LogP contribution in [0.2, 0.25) is 0 Å². The highest BCUT2D eigenvalue weighted by atomic mass is 19.1. The minimum Gasteiger partial charge on any atom is -0.355 e. The molecule has 6 nitrogen and oxygen atoms in total. The topological polar surface area (TPSA) is 76.9 Å². The summed E-state index contributed by atoms with van der Waals surface area (Å²) in [5.74, 6) is 0.840. The van der Waals surface area contributed by atoms with Crippen molar-refractivity contribution in [2.75, 3.05) is 30.4 Å². The second-order valence-electron chi connectivity index (χ2n) is 6.80. The second-order valence-corrected chi connectivity index (χ2v) is 6.80. The molecule has 2 heterocycles. The molecule has 0 bridgehead atoms. The molecule has 0 amide bonds. The van der Waals surface area contributed by atoms with Gasteiger partial charge in [-0.05, 0) is 44.5 Å². The minimum absolute atomic E-state index is 0.00201. The minimum atomic E-state index is -0.532. The Labute approximate surface area is 159 Å². The third-order valence-electron chi connectivity index (χ3n) is 4.77. The molecule has 1 aromatic heterocycles. The van der Waals surface area contributed by atoms with Gasteiger partial charge in [-0.15, -0.1) is 0 Å².